The van der Waals surface area contributed by atoms with Gasteiger partial charge < -0.3 is 0 Å². The van der Waals surface area contributed by atoms with Gasteiger partial charge in [0.2, 0.25) is 0 Å². The Kier molecular flexibility index (Phi) is 25.4. The SMILES string of the molecule is CCCCCCCCCCCCCCCCC(CCCCCCC)c1[nH]cc[n+]1C(C)CCCCCCCC. The maximum atomic E-state index is 3.72. The quantitative estimate of drug-likeness (QED) is 0.0732. The van der Waals surface area contributed by atoms with Crippen LogP contribution in [0.1, 0.15) is 225 Å². The lowest BCUT2D eigenvalue weighted by molar-refractivity contribution is -0.727. The van der Waals surface area contributed by atoms with Crippen molar-refractivity contribution in [2.75, 3.05) is 0 Å². The van der Waals surface area contributed by atoms with Crippen LogP contribution in [0.15, 0.2) is 12.4 Å². The number of aromatic nitrogens is 2. The van der Waals surface area contributed by atoms with Crippen molar-refractivity contribution in [2.24, 2.45) is 0 Å². The second-order valence-electron chi connectivity index (χ2n) is 12.9. The first-order valence-electron chi connectivity index (χ1n) is 18.3. The number of nitrogens with zero attached hydrogens (tertiary/aromatic N) is 1. The van der Waals surface area contributed by atoms with Crippen LogP contribution in [-0.4, -0.2) is 4.98 Å². The molecule has 0 radical (unpaired) electrons. The number of rotatable bonds is 30. The van der Waals surface area contributed by atoms with Crippen molar-refractivity contribution < 1.29 is 4.57 Å². The van der Waals surface area contributed by atoms with E-state index in [1.807, 2.05) is 0 Å². The van der Waals surface area contributed by atoms with E-state index < -0.39 is 0 Å². The molecule has 1 heterocycles. The second-order valence-corrected chi connectivity index (χ2v) is 12.9. The molecule has 0 bridgehead atoms. The molecule has 0 amide bonds. The maximum absolute atomic E-state index is 3.72. The molecule has 0 aromatic carbocycles. The van der Waals surface area contributed by atoms with Crippen molar-refractivity contribution in [1.82, 2.24) is 4.98 Å². The first-order valence-corrected chi connectivity index (χ1v) is 18.3. The minimum atomic E-state index is 0.622. The number of unbranched alkanes of at least 4 members (excludes halogenated alkanes) is 22. The number of nitrogens with one attached hydrogen (secondary N) is 1. The van der Waals surface area contributed by atoms with Crippen LogP contribution in [0.25, 0.3) is 0 Å². The van der Waals surface area contributed by atoms with E-state index in [0.717, 1.165) is 0 Å². The molecule has 2 nitrogen and oxygen atoms in total. The predicted molar refractivity (Wildman–Crippen MR) is 175 cm³/mol. The van der Waals surface area contributed by atoms with Gasteiger partial charge in [0.05, 0.1) is 12.0 Å². The molecular weight excluding hydrogens is 472 g/mol. The van der Waals surface area contributed by atoms with Crippen LogP contribution < -0.4 is 4.57 Å². The van der Waals surface area contributed by atoms with E-state index in [1.54, 1.807) is 0 Å². The molecule has 1 aromatic heterocycles. The van der Waals surface area contributed by atoms with E-state index in [9.17, 15) is 0 Å². The summed E-state index contributed by atoms with van der Waals surface area (Å²) in [5, 5.41) is 0. The van der Waals surface area contributed by atoms with Crippen LogP contribution >= 0.6 is 0 Å². The van der Waals surface area contributed by atoms with Crippen molar-refractivity contribution in [3.63, 3.8) is 0 Å². The zero-order chi connectivity index (χ0) is 28.2. The van der Waals surface area contributed by atoms with E-state index >= 15 is 0 Å². The Hall–Kier alpha value is -0.790. The Bertz CT molecular complexity index is 606. The van der Waals surface area contributed by atoms with Gasteiger partial charge in [0, 0.05) is 0 Å². The summed E-state index contributed by atoms with van der Waals surface area (Å²) in [6.07, 6.45) is 44.2. The molecule has 1 N–H and O–H groups in total. The summed E-state index contributed by atoms with van der Waals surface area (Å²) >= 11 is 0. The van der Waals surface area contributed by atoms with Gasteiger partial charge in [0.15, 0.2) is 0 Å². The molecule has 0 saturated heterocycles. The summed E-state index contributed by atoms with van der Waals surface area (Å²) in [6.45, 7) is 9.40. The normalized spacial score (nSPS) is 13.2. The zero-order valence-electron chi connectivity index (χ0n) is 27.6. The highest BCUT2D eigenvalue weighted by molar-refractivity contribution is 4.90. The fraction of sp³-hybridized carbons (Fsp3) is 0.919. The molecule has 0 fully saturated rings. The van der Waals surface area contributed by atoms with Crippen LogP contribution in [-0.2, 0) is 0 Å². The molecule has 0 aliphatic heterocycles. The Morgan fingerprint density at radius 3 is 1.21 bits per heavy atom. The number of hydrogen-bond donors (Lipinski definition) is 1. The number of hydrogen-bond acceptors (Lipinski definition) is 0. The number of H-pyrrole nitrogens is 1. The summed E-state index contributed by atoms with van der Waals surface area (Å²) in [5.41, 5.74) is 0. The first kappa shape index (κ1) is 36.2. The molecule has 2 atom stereocenters. The molecular formula is C37H73N2+. The smallest absolute Gasteiger partial charge is 0.247 e. The van der Waals surface area contributed by atoms with Crippen LogP contribution in [0, 0.1) is 0 Å². The fourth-order valence-corrected chi connectivity index (χ4v) is 6.43. The predicted octanol–water partition coefficient (Wildman–Crippen LogP) is 12.9. The fourth-order valence-electron chi connectivity index (χ4n) is 6.43. The van der Waals surface area contributed by atoms with Gasteiger partial charge in [-0.1, -0.05) is 175 Å². The highest BCUT2D eigenvalue weighted by Gasteiger charge is 2.25. The van der Waals surface area contributed by atoms with Crippen molar-refractivity contribution in [2.45, 2.75) is 219 Å². The van der Waals surface area contributed by atoms with Gasteiger partial charge in [-0.15, -0.1) is 0 Å². The maximum Gasteiger partial charge on any atom is 0.257 e. The van der Waals surface area contributed by atoms with Gasteiger partial charge >= 0.3 is 0 Å². The van der Waals surface area contributed by atoms with Gasteiger partial charge in [-0.05, 0) is 32.6 Å². The summed E-state index contributed by atoms with van der Waals surface area (Å²) in [5.74, 6) is 2.24. The molecule has 2 heteroatoms. The van der Waals surface area contributed by atoms with E-state index in [1.165, 1.54) is 186 Å². The summed E-state index contributed by atoms with van der Waals surface area (Å²) in [6, 6.07) is 0.622. The van der Waals surface area contributed by atoms with Crippen molar-refractivity contribution >= 4 is 0 Å². The Morgan fingerprint density at radius 1 is 0.487 bits per heavy atom. The third-order valence-electron chi connectivity index (χ3n) is 9.14. The second kappa shape index (κ2) is 27.4. The van der Waals surface area contributed by atoms with Crippen LogP contribution in [0.3, 0.4) is 0 Å². The Balaban J connectivity index is 2.34. The average molecular weight is 546 g/mol. The zero-order valence-corrected chi connectivity index (χ0v) is 27.6. The van der Waals surface area contributed by atoms with Gasteiger partial charge in [-0.2, -0.15) is 0 Å². The van der Waals surface area contributed by atoms with Crippen molar-refractivity contribution in [3.8, 4) is 0 Å². The molecule has 1 rings (SSSR count). The minimum absolute atomic E-state index is 0.622. The molecule has 0 spiro atoms. The number of imidazole rings is 1. The molecule has 1 aromatic rings. The van der Waals surface area contributed by atoms with Gasteiger partial charge in [-0.25, -0.2) is 9.55 Å². The van der Waals surface area contributed by atoms with Crippen LogP contribution in [0.4, 0.5) is 0 Å². The molecule has 0 aliphatic carbocycles. The minimum Gasteiger partial charge on any atom is -0.247 e. The molecule has 39 heavy (non-hydrogen) atoms. The Labute approximate surface area is 246 Å². The standard InChI is InChI=1S/C37H72N2/c1-5-8-11-14-16-17-18-19-20-21-22-23-26-29-32-36(31-28-24-13-10-7-3)37-38-33-34-39(37)35(4)30-27-25-15-12-9-6-2/h33-36H,5-32H2,1-4H3/p+1. The highest BCUT2D eigenvalue weighted by Crippen LogP contribution is 2.27. The van der Waals surface area contributed by atoms with Gasteiger partial charge in [-0.3, -0.25) is 0 Å². The van der Waals surface area contributed by atoms with E-state index in [2.05, 4.69) is 49.6 Å². The van der Waals surface area contributed by atoms with E-state index in [-0.39, 0.29) is 0 Å². The lowest BCUT2D eigenvalue weighted by Crippen LogP contribution is -2.41. The third-order valence-corrected chi connectivity index (χ3v) is 9.14. The van der Waals surface area contributed by atoms with Gasteiger partial charge in [0.25, 0.3) is 5.82 Å². The van der Waals surface area contributed by atoms with Gasteiger partial charge in [0.1, 0.15) is 12.4 Å². The van der Waals surface area contributed by atoms with Crippen LogP contribution in [0.5, 0.6) is 0 Å². The van der Waals surface area contributed by atoms with Crippen LogP contribution in [0.2, 0.25) is 0 Å². The topological polar surface area (TPSA) is 19.7 Å². The van der Waals surface area contributed by atoms with E-state index in [4.69, 9.17) is 0 Å². The molecule has 0 aliphatic rings. The lowest BCUT2D eigenvalue weighted by Gasteiger charge is -2.17. The summed E-state index contributed by atoms with van der Waals surface area (Å²) in [4.78, 5) is 3.72. The Morgan fingerprint density at radius 2 is 0.821 bits per heavy atom. The van der Waals surface area contributed by atoms with Crippen molar-refractivity contribution in [3.05, 3.63) is 18.2 Å². The first-order chi connectivity index (χ1) is 19.2. The summed E-state index contributed by atoms with van der Waals surface area (Å²) in [7, 11) is 0. The van der Waals surface area contributed by atoms with E-state index in [0.29, 0.717) is 12.0 Å². The summed E-state index contributed by atoms with van der Waals surface area (Å²) < 4.78 is 2.62. The highest BCUT2D eigenvalue weighted by atomic mass is 15.1. The molecule has 2 unspecified atom stereocenters. The molecule has 230 valence electrons. The largest absolute Gasteiger partial charge is 0.257 e. The van der Waals surface area contributed by atoms with Crippen molar-refractivity contribution in [1.29, 1.82) is 0 Å². The number of aromatic amines is 1. The third kappa shape index (κ3) is 19.8. The average Bonchev–Trinajstić information content (AvgIpc) is 3.44. The lowest BCUT2D eigenvalue weighted by atomic mass is 9.93. The molecule has 0 saturated carbocycles. The monoisotopic (exact) mass is 546 g/mol.